The van der Waals surface area contributed by atoms with E-state index in [0.29, 0.717) is 12.4 Å². The van der Waals surface area contributed by atoms with Gasteiger partial charge in [-0.05, 0) is 17.3 Å². The van der Waals surface area contributed by atoms with Gasteiger partial charge in [0.25, 0.3) is 0 Å². The van der Waals surface area contributed by atoms with Crippen LogP contribution in [0, 0.1) is 0 Å². The Kier molecular flexibility index (Phi) is 4.86. The molecule has 0 unspecified atom stereocenters. The lowest BCUT2D eigenvalue weighted by molar-refractivity contribution is 0.169. The first-order valence-electron chi connectivity index (χ1n) is 4.27. The van der Waals surface area contributed by atoms with Crippen molar-refractivity contribution in [3.63, 3.8) is 0 Å². The van der Waals surface area contributed by atoms with Crippen molar-refractivity contribution in [1.29, 1.82) is 0 Å². The largest absolute Gasteiger partial charge is 0.453 e. The molecule has 1 aromatic carbocycles. The summed E-state index contributed by atoms with van der Waals surface area (Å²) in [5.41, 5.74) is 1.00. The van der Waals surface area contributed by atoms with E-state index in [2.05, 4.69) is 6.58 Å². The molecule has 0 aromatic heterocycles. The second-order valence-electron chi connectivity index (χ2n) is 2.62. The van der Waals surface area contributed by atoms with Gasteiger partial charge < -0.3 is 4.74 Å². The molecule has 0 aliphatic carbocycles. The average Bonchev–Trinajstić information content (AvgIpc) is 2.25. The molecule has 0 saturated heterocycles. The van der Waals surface area contributed by atoms with E-state index < -0.39 is 0 Å². The van der Waals surface area contributed by atoms with Crippen molar-refractivity contribution < 1.29 is 9.53 Å². The Hall–Kier alpha value is -1.22. The molecule has 0 radical (unpaired) electrons. The summed E-state index contributed by atoms with van der Waals surface area (Å²) in [4.78, 5) is 11.1. The minimum absolute atomic E-state index is 0.256. The first kappa shape index (κ1) is 10.9. The number of carbonyl (C=O) groups excluding carboxylic acids is 1. The van der Waals surface area contributed by atoms with Crippen molar-refractivity contribution in [3.8, 4) is 0 Å². The van der Waals surface area contributed by atoms with Gasteiger partial charge >= 0.3 is 5.30 Å². The standard InChI is InChI=1S/C11H12O2S/c1-2-8-14-11(12)13-9-10-6-4-3-5-7-10/h2-7H,1,8-9H2. The van der Waals surface area contributed by atoms with Gasteiger partial charge in [-0.15, -0.1) is 6.58 Å². The second-order valence-corrected chi connectivity index (χ2v) is 3.58. The predicted octanol–water partition coefficient (Wildman–Crippen LogP) is 3.24. The molecule has 0 N–H and O–H groups in total. The fourth-order valence-electron chi connectivity index (χ4n) is 0.885. The normalized spacial score (nSPS) is 9.43. The van der Waals surface area contributed by atoms with Gasteiger partial charge in [0.15, 0.2) is 0 Å². The summed E-state index contributed by atoms with van der Waals surface area (Å²) in [5.74, 6) is 0.591. The zero-order chi connectivity index (χ0) is 10.2. The fourth-order valence-corrected chi connectivity index (χ4v) is 1.28. The minimum atomic E-state index is -0.256. The van der Waals surface area contributed by atoms with Crippen LogP contribution in [-0.2, 0) is 11.3 Å². The third kappa shape index (κ3) is 4.14. The van der Waals surface area contributed by atoms with E-state index >= 15 is 0 Å². The molecule has 0 aliphatic rings. The van der Waals surface area contributed by atoms with E-state index in [4.69, 9.17) is 4.74 Å². The van der Waals surface area contributed by atoms with Gasteiger partial charge in [0.05, 0.1) is 0 Å². The topological polar surface area (TPSA) is 26.3 Å². The Labute approximate surface area is 88.0 Å². The quantitative estimate of drug-likeness (QED) is 0.561. The highest BCUT2D eigenvalue weighted by Gasteiger charge is 2.01. The smallest absolute Gasteiger partial charge is 0.367 e. The van der Waals surface area contributed by atoms with Crippen molar-refractivity contribution in [2.45, 2.75) is 6.61 Å². The Morgan fingerprint density at radius 1 is 1.43 bits per heavy atom. The average molecular weight is 208 g/mol. The van der Waals surface area contributed by atoms with Gasteiger partial charge in [-0.3, -0.25) is 0 Å². The van der Waals surface area contributed by atoms with Gasteiger partial charge in [-0.2, -0.15) is 0 Å². The highest BCUT2D eigenvalue weighted by molar-refractivity contribution is 8.13. The summed E-state index contributed by atoms with van der Waals surface area (Å²) in [5, 5.41) is -0.256. The molecule has 2 nitrogen and oxygen atoms in total. The fraction of sp³-hybridized carbons (Fsp3) is 0.182. The number of hydrogen-bond donors (Lipinski definition) is 0. The Morgan fingerprint density at radius 3 is 2.79 bits per heavy atom. The van der Waals surface area contributed by atoms with Gasteiger partial charge in [0.2, 0.25) is 0 Å². The van der Waals surface area contributed by atoms with Crippen LogP contribution in [0.3, 0.4) is 0 Å². The van der Waals surface area contributed by atoms with Crippen molar-refractivity contribution in [2.75, 3.05) is 5.75 Å². The van der Waals surface area contributed by atoms with Crippen LogP contribution in [-0.4, -0.2) is 11.1 Å². The highest BCUT2D eigenvalue weighted by atomic mass is 32.2. The molecular weight excluding hydrogens is 196 g/mol. The molecule has 0 heterocycles. The minimum Gasteiger partial charge on any atom is -0.453 e. The van der Waals surface area contributed by atoms with E-state index in [1.165, 1.54) is 0 Å². The summed E-state index contributed by atoms with van der Waals surface area (Å²) in [7, 11) is 0. The monoisotopic (exact) mass is 208 g/mol. The Bertz CT molecular complexity index is 295. The molecule has 1 aromatic rings. The molecule has 0 atom stereocenters. The zero-order valence-electron chi connectivity index (χ0n) is 7.81. The highest BCUT2D eigenvalue weighted by Crippen LogP contribution is 2.08. The summed E-state index contributed by atoms with van der Waals surface area (Å²) >= 11 is 1.12. The predicted molar refractivity (Wildman–Crippen MR) is 59.3 cm³/mol. The van der Waals surface area contributed by atoms with Crippen molar-refractivity contribution in [2.24, 2.45) is 0 Å². The number of hydrogen-bond acceptors (Lipinski definition) is 3. The lowest BCUT2D eigenvalue weighted by atomic mass is 10.2. The van der Waals surface area contributed by atoms with Crippen LogP contribution < -0.4 is 0 Å². The van der Waals surface area contributed by atoms with Crippen LogP contribution in [0.1, 0.15) is 5.56 Å². The van der Waals surface area contributed by atoms with E-state index in [0.717, 1.165) is 17.3 Å². The zero-order valence-corrected chi connectivity index (χ0v) is 8.63. The Balaban J connectivity index is 2.27. The number of benzene rings is 1. The van der Waals surface area contributed by atoms with Gasteiger partial charge in [-0.25, -0.2) is 4.79 Å². The summed E-state index contributed by atoms with van der Waals surface area (Å²) < 4.78 is 5.01. The lowest BCUT2D eigenvalue weighted by Gasteiger charge is -2.02. The molecule has 0 bridgehead atoms. The van der Waals surface area contributed by atoms with E-state index in [1.807, 2.05) is 30.3 Å². The van der Waals surface area contributed by atoms with Crippen LogP contribution in [0.15, 0.2) is 43.0 Å². The molecule has 0 saturated carbocycles. The van der Waals surface area contributed by atoms with E-state index in [-0.39, 0.29) is 5.30 Å². The maximum atomic E-state index is 11.1. The molecule has 14 heavy (non-hydrogen) atoms. The molecule has 0 amide bonds. The summed E-state index contributed by atoms with van der Waals surface area (Å²) in [6.45, 7) is 3.86. The van der Waals surface area contributed by atoms with Crippen LogP contribution in [0.4, 0.5) is 4.79 Å². The third-order valence-electron chi connectivity index (χ3n) is 1.52. The maximum absolute atomic E-state index is 11.1. The van der Waals surface area contributed by atoms with Crippen molar-refractivity contribution in [3.05, 3.63) is 48.6 Å². The molecule has 0 fully saturated rings. The molecule has 3 heteroatoms. The number of thioether (sulfide) groups is 1. The van der Waals surface area contributed by atoms with E-state index in [9.17, 15) is 4.79 Å². The summed E-state index contributed by atoms with van der Waals surface area (Å²) in [6, 6.07) is 9.61. The van der Waals surface area contributed by atoms with Crippen LogP contribution in [0.5, 0.6) is 0 Å². The molecule has 0 aliphatic heterocycles. The van der Waals surface area contributed by atoms with E-state index in [1.54, 1.807) is 6.08 Å². The molecule has 74 valence electrons. The first-order valence-corrected chi connectivity index (χ1v) is 5.26. The molecule has 1 rings (SSSR count). The van der Waals surface area contributed by atoms with Crippen molar-refractivity contribution >= 4 is 17.1 Å². The lowest BCUT2D eigenvalue weighted by Crippen LogP contribution is -1.98. The van der Waals surface area contributed by atoms with Gasteiger partial charge in [0, 0.05) is 5.75 Å². The number of carbonyl (C=O) groups is 1. The second kappa shape index (κ2) is 6.27. The SMILES string of the molecule is C=CCSC(=O)OCc1ccccc1. The third-order valence-corrected chi connectivity index (χ3v) is 2.27. The first-order chi connectivity index (χ1) is 6.83. The Morgan fingerprint density at radius 2 is 2.14 bits per heavy atom. The maximum Gasteiger partial charge on any atom is 0.367 e. The van der Waals surface area contributed by atoms with Crippen LogP contribution >= 0.6 is 11.8 Å². The van der Waals surface area contributed by atoms with Crippen LogP contribution in [0.25, 0.3) is 0 Å². The number of rotatable bonds is 4. The summed E-state index contributed by atoms with van der Waals surface area (Å²) in [6.07, 6.45) is 1.68. The van der Waals surface area contributed by atoms with Crippen molar-refractivity contribution in [1.82, 2.24) is 0 Å². The van der Waals surface area contributed by atoms with Gasteiger partial charge in [-0.1, -0.05) is 36.4 Å². The molecular formula is C11H12O2S. The van der Waals surface area contributed by atoms with Crippen LogP contribution in [0.2, 0.25) is 0 Å². The molecule has 0 spiro atoms. The number of ether oxygens (including phenoxy) is 1. The van der Waals surface area contributed by atoms with Gasteiger partial charge in [0.1, 0.15) is 6.61 Å².